The Morgan fingerprint density at radius 1 is 0.985 bits per heavy atom. The van der Waals surface area contributed by atoms with Crippen molar-refractivity contribution in [3.05, 3.63) is 81.9 Å². The molecule has 17 nitrogen and oxygen atoms in total. The van der Waals surface area contributed by atoms with Gasteiger partial charge in [0.2, 0.25) is 11.9 Å². The van der Waals surface area contributed by atoms with Crippen LogP contribution in [0, 0.1) is 24.7 Å². The average molecular weight is 881 g/mol. The highest BCUT2D eigenvalue weighted by atomic mass is 16.5. The molecule has 65 heavy (non-hydrogen) atoms. The van der Waals surface area contributed by atoms with Gasteiger partial charge in [-0.1, -0.05) is 38.0 Å². The van der Waals surface area contributed by atoms with Gasteiger partial charge in [-0.15, -0.1) is 10.2 Å². The molecule has 2 atom stereocenters. The number of fused-ring (bicyclic) bond motifs is 4. The minimum Gasteiger partial charge on any atom is -0.495 e. The van der Waals surface area contributed by atoms with Gasteiger partial charge in [-0.2, -0.15) is 10.1 Å². The highest BCUT2D eigenvalue weighted by Gasteiger charge is 2.36. The third-order valence-electron chi connectivity index (χ3n) is 13.3. The molecule has 3 aromatic heterocycles. The molecule has 17 heteroatoms. The van der Waals surface area contributed by atoms with E-state index in [2.05, 4.69) is 64.4 Å². The number of piperidine rings is 2. The lowest BCUT2D eigenvalue weighted by molar-refractivity contribution is -0.136. The minimum atomic E-state index is -0.803. The summed E-state index contributed by atoms with van der Waals surface area (Å²) < 4.78 is 9.03. The Kier molecular flexibility index (Phi) is 12.9. The molecule has 9 rings (SSSR count). The number of nitrogens with zero attached hydrogens (tertiary/aromatic N) is 9. The van der Waals surface area contributed by atoms with E-state index in [4.69, 9.17) is 14.7 Å². The Morgan fingerprint density at radius 3 is 2.60 bits per heavy atom. The number of likely N-dealkylation sites (tertiary alicyclic amines) is 1. The number of hydrogen-bond donors (Lipinski definition) is 3. The van der Waals surface area contributed by atoms with Crippen LogP contribution in [0.4, 0.5) is 17.5 Å². The van der Waals surface area contributed by atoms with Crippen LogP contribution in [0.3, 0.4) is 0 Å². The maximum absolute atomic E-state index is 13.5. The zero-order valence-electron chi connectivity index (χ0n) is 37.3. The van der Waals surface area contributed by atoms with Crippen molar-refractivity contribution in [3.8, 4) is 23.3 Å². The van der Waals surface area contributed by atoms with Gasteiger partial charge in [0, 0.05) is 55.0 Å². The molecule has 2 aromatic carbocycles. The zero-order valence-corrected chi connectivity index (χ0v) is 37.3. The predicted octanol–water partition coefficient (Wildman–Crippen LogP) is 5.68. The number of carbonyl (C=O) groups excluding carboxylic acids is 3. The SMILES string of the molecule is CC[C@@H]1c2nnc(C)n2-c2cnc(Nc3ccc(C(=O)NC4CCN(CCCC#Cc5ccc6c(=O)n(C7CCC(=O)NC7=O)ncc6c5)CC4)cc3OC)nc2N1CC1CCCCC1. The van der Waals surface area contributed by atoms with E-state index in [1.54, 1.807) is 37.6 Å². The number of aromatic nitrogens is 7. The number of methoxy groups -OCH3 is 1. The monoisotopic (exact) mass is 880 g/mol. The standard InChI is InChI=1S/C48H56N12O5/c1-4-38-44-56-55-30(2)59(44)40-28-49-48(54-43(40)58(38)29-32-12-7-5-8-13-32)52-37-17-15-33(26-41(37)65-3)45(62)51-35-20-23-57(24-21-35)22-10-6-9-11-31-14-16-36-34(25-31)27-50-60(47(36)64)39-18-19-42(61)53-46(39)63/h14-17,25-28,32,35,38-39H,4-8,10,12-13,18-24,29H2,1-3H3,(H,51,62)(H,49,52,54)(H,53,61,63)/t38-,39?/m1/s1. The summed E-state index contributed by atoms with van der Waals surface area (Å²) in [5, 5.41) is 23.3. The molecular formula is C48H56N12O5. The molecule has 3 amide bonds. The Balaban J connectivity index is 0.766. The van der Waals surface area contributed by atoms with Gasteiger partial charge in [-0.3, -0.25) is 29.1 Å². The first kappa shape index (κ1) is 43.6. The molecule has 1 saturated carbocycles. The summed E-state index contributed by atoms with van der Waals surface area (Å²) in [6.07, 6.45) is 14.3. The van der Waals surface area contributed by atoms with Gasteiger partial charge in [-0.25, -0.2) is 9.67 Å². The topological polar surface area (TPSA) is 194 Å². The highest BCUT2D eigenvalue weighted by molar-refractivity contribution is 5.99. The summed E-state index contributed by atoms with van der Waals surface area (Å²) in [5.41, 5.74) is 2.48. The largest absolute Gasteiger partial charge is 0.495 e. The lowest BCUT2D eigenvalue weighted by atomic mass is 9.88. The number of rotatable bonds is 12. The Morgan fingerprint density at radius 2 is 1.82 bits per heavy atom. The molecule has 6 heterocycles. The number of imide groups is 1. The third kappa shape index (κ3) is 9.31. The van der Waals surface area contributed by atoms with E-state index in [1.807, 2.05) is 25.3 Å². The number of unbranched alkanes of at least 4 members (excludes halogenated alkanes) is 1. The summed E-state index contributed by atoms with van der Waals surface area (Å²) in [4.78, 5) is 65.1. The zero-order chi connectivity index (χ0) is 45.0. The Bertz CT molecular complexity index is 2720. The Hall–Kier alpha value is -6.67. The number of aryl methyl sites for hydroxylation is 1. The third-order valence-corrected chi connectivity index (χ3v) is 13.3. The second-order valence-electron chi connectivity index (χ2n) is 17.6. The fourth-order valence-electron chi connectivity index (χ4n) is 9.80. The fraction of sp³-hybridized carbons (Fsp3) is 0.479. The first-order valence-corrected chi connectivity index (χ1v) is 23.1. The molecule has 4 aliphatic rings. The fourth-order valence-corrected chi connectivity index (χ4v) is 9.80. The maximum atomic E-state index is 13.5. The van der Waals surface area contributed by atoms with Crippen LogP contribution in [0.5, 0.6) is 5.75 Å². The van der Waals surface area contributed by atoms with E-state index in [1.165, 1.54) is 32.1 Å². The van der Waals surface area contributed by atoms with Crippen molar-refractivity contribution in [1.82, 2.24) is 50.0 Å². The predicted molar refractivity (Wildman–Crippen MR) is 245 cm³/mol. The molecule has 3 fully saturated rings. The van der Waals surface area contributed by atoms with Crippen molar-refractivity contribution in [2.24, 2.45) is 5.92 Å². The van der Waals surface area contributed by atoms with Gasteiger partial charge >= 0.3 is 0 Å². The van der Waals surface area contributed by atoms with Gasteiger partial charge < -0.3 is 25.2 Å². The molecule has 2 saturated heterocycles. The van der Waals surface area contributed by atoms with Crippen LogP contribution in [-0.2, 0) is 9.59 Å². The normalized spacial score (nSPS) is 19.2. The number of nitrogens with one attached hydrogen (secondary N) is 3. The van der Waals surface area contributed by atoms with E-state index in [9.17, 15) is 19.2 Å². The van der Waals surface area contributed by atoms with E-state index in [-0.39, 0.29) is 42.3 Å². The van der Waals surface area contributed by atoms with Crippen LogP contribution in [0.25, 0.3) is 16.5 Å². The molecule has 0 spiro atoms. The molecular weight excluding hydrogens is 825 g/mol. The second kappa shape index (κ2) is 19.2. The van der Waals surface area contributed by atoms with E-state index >= 15 is 0 Å². The minimum absolute atomic E-state index is 0.0602. The summed E-state index contributed by atoms with van der Waals surface area (Å²) in [6, 6.07) is 10.1. The number of carbonyl (C=O) groups is 3. The first-order chi connectivity index (χ1) is 31.7. The summed E-state index contributed by atoms with van der Waals surface area (Å²) in [7, 11) is 1.60. The number of amides is 3. The number of anilines is 3. The summed E-state index contributed by atoms with van der Waals surface area (Å²) >= 11 is 0. The lowest BCUT2D eigenvalue weighted by Crippen LogP contribution is -2.45. The van der Waals surface area contributed by atoms with Crippen molar-refractivity contribution >= 4 is 45.9 Å². The number of hydrogen-bond acceptors (Lipinski definition) is 13. The molecule has 0 radical (unpaired) electrons. The van der Waals surface area contributed by atoms with Gasteiger partial charge in [0.15, 0.2) is 11.6 Å². The molecule has 0 bridgehead atoms. The number of ether oxygens (including phenoxy) is 1. The average Bonchev–Trinajstić information content (AvgIpc) is 3.71. The maximum Gasteiger partial charge on any atom is 0.275 e. The Labute approximate surface area is 377 Å². The molecule has 5 aromatic rings. The molecule has 3 N–H and O–H groups in total. The smallest absolute Gasteiger partial charge is 0.275 e. The van der Waals surface area contributed by atoms with Crippen molar-refractivity contribution in [2.45, 2.75) is 109 Å². The van der Waals surface area contributed by atoms with Crippen LogP contribution in [0.15, 0.2) is 53.6 Å². The van der Waals surface area contributed by atoms with Crippen LogP contribution in [-0.4, -0.2) is 96.5 Å². The molecule has 3 aliphatic heterocycles. The lowest BCUT2D eigenvalue weighted by Gasteiger charge is -2.39. The van der Waals surface area contributed by atoms with Crippen molar-refractivity contribution in [1.29, 1.82) is 0 Å². The highest BCUT2D eigenvalue weighted by Crippen LogP contribution is 2.41. The van der Waals surface area contributed by atoms with Gasteiger partial charge in [0.05, 0.1) is 36.6 Å². The van der Waals surface area contributed by atoms with Crippen LogP contribution < -0.4 is 31.1 Å². The second-order valence-corrected chi connectivity index (χ2v) is 17.6. The van der Waals surface area contributed by atoms with Crippen molar-refractivity contribution in [3.63, 3.8) is 0 Å². The number of benzene rings is 2. The van der Waals surface area contributed by atoms with Crippen LogP contribution in [0.1, 0.15) is 124 Å². The quantitative estimate of drug-likeness (QED) is 0.0788. The van der Waals surface area contributed by atoms with Crippen LogP contribution in [0.2, 0.25) is 0 Å². The van der Waals surface area contributed by atoms with Crippen molar-refractivity contribution < 1.29 is 19.1 Å². The van der Waals surface area contributed by atoms with Gasteiger partial charge in [-0.05, 0) is 101 Å². The summed E-state index contributed by atoms with van der Waals surface area (Å²) in [6.45, 7) is 7.75. The molecule has 1 unspecified atom stereocenters. The van der Waals surface area contributed by atoms with Crippen LogP contribution >= 0.6 is 0 Å². The van der Waals surface area contributed by atoms with Gasteiger partial charge in [0.25, 0.3) is 17.4 Å². The molecule has 1 aliphatic carbocycles. The summed E-state index contributed by atoms with van der Waals surface area (Å²) in [5.74, 6) is 9.66. The van der Waals surface area contributed by atoms with E-state index in [0.717, 1.165) is 91.7 Å². The first-order valence-electron chi connectivity index (χ1n) is 23.1. The molecule has 338 valence electrons. The van der Waals surface area contributed by atoms with Gasteiger partial charge in [0.1, 0.15) is 23.3 Å². The van der Waals surface area contributed by atoms with Crippen molar-refractivity contribution in [2.75, 3.05) is 43.5 Å². The van der Waals surface area contributed by atoms with E-state index in [0.29, 0.717) is 39.6 Å². The van der Waals surface area contributed by atoms with E-state index < -0.39 is 11.9 Å².